The van der Waals surface area contributed by atoms with E-state index >= 15 is 0 Å². The van der Waals surface area contributed by atoms with E-state index in [4.69, 9.17) is 18.0 Å². The molecule has 0 amide bonds. The molecule has 1 aromatic carbocycles. The van der Waals surface area contributed by atoms with Crippen LogP contribution in [0.4, 0.5) is 0 Å². The lowest BCUT2D eigenvalue weighted by Gasteiger charge is -1.99. The van der Waals surface area contributed by atoms with Crippen molar-refractivity contribution >= 4 is 22.5 Å². The second kappa shape index (κ2) is 3.16. The van der Waals surface area contributed by atoms with E-state index in [2.05, 4.69) is 5.92 Å². The van der Waals surface area contributed by atoms with Crippen molar-refractivity contribution in [3.8, 4) is 12.3 Å². The normalized spacial score (nSPS) is 10.2. The summed E-state index contributed by atoms with van der Waals surface area (Å²) in [4.78, 5) is 0. The lowest BCUT2D eigenvalue weighted by atomic mass is 10.2. The van der Waals surface area contributed by atoms with Crippen molar-refractivity contribution < 1.29 is 0 Å². The van der Waals surface area contributed by atoms with Gasteiger partial charge < -0.3 is 4.57 Å². The first kappa shape index (κ1) is 8.22. The van der Waals surface area contributed by atoms with Crippen molar-refractivity contribution in [2.75, 3.05) is 0 Å². The zero-order valence-corrected chi connectivity index (χ0v) is 7.75. The van der Waals surface area contributed by atoms with Gasteiger partial charge in [0.1, 0.15) is 0 Å². The van der Waals surface area contributed by atoms with Gasteiger partial charge in [-0.1, -0.05) is 23.6 Å². The van der Waals surface area contributed by atoms with Crippen LogP contribution in [0.3, 0.4) is 0 Å². The highest BCUT2D eigenvalue weighted by atomic mass is 35.5. The van der Waals surface area contributed by atoms with Gasteiger partial charge in [0, 0.05) is 16.6 Å². The molecular weight excluding hydrogens is 182 g/mol. The number of nitrogens with zero attached hydrogens (tertiary/aromatic N) is 1. The summed E-state index contributed by atoms with van der Waals surface area (Å²) in [6, 6.07) is 7.80. The van der Waals surface area contributed by atoms with Crippen LogP contribution >= 0.6 is 11.6 Å². The number of terminal acetylenes is 1. The van der Waals surface area contributed by atoms with Gasteiger partial charge in [-0.2, -0.15) is 0 Å². The predicted octanol–water partition coefficient (Wildman–Crippen LogP) is 2.93. The fourth-order valence-electron chi connectivity index (χ4n) is 1.42. The average Bonchev–Trinajstić information content (AvgIpc) is 2.51. The van der Waals surface area contributed by atoms with E-state index in [1.54, 1.807) is 0 Å². The molecule has 0 saturated carbocycles. The van der Waals surface area contributed by atoms with Crippen molar-refractivity contribution in [3.05, 3.63) is 35.5 Å². The van der Waals surface area contributed by atoms with E-state index < -0.39 is 0 Å². The van der Waals surface area contributed by atoms with Gasteiger partial charge in [-0.25, -0.2) is 0 Å². The monoisotopic (exact) mass is 189 g/mol. The van der Waals surface area contributed by atoms with Crippen LogP contribution in [-0.2, 0) is 6.54 Å². The Hall–Kier alpha value is -1.39. The Morgan fingerprint density at radius 3 is 3.00 bits per heavy atom. The number of fused-ring (bicyclic) bond motifs is 1. The fourth-order valence-corrected chi connectivity index (χ4v) is 1.65. The number of aromatic nitrogens is 1. The SMILES string of the molecule is C#CCn1ccc2c(Cl)cccc21. The predicted molar refractivity (Wildman–Crippen MR) is 55.8 cm³/mol. The second-order valence-electron chi connectivity index (χ2n) is 2.82. The van der Waals surface area contributed by atoms with Crippen LogP contribution in [0.5, 0.6) is 0 Å². The van der Waals surface area contributed by atoms with Crippen LogP contribution < -0.4 is 0 Å². The minimum absolute atomic E-state index is 0.587. The molecule has 1 nitrogen and oxygen atoms in total. The number of halogens is 1. The minimum Gasteiger partial charge on any atom is -0.336 e. The quantitative estimate of drug-likeness (QED) is 0.608. The molecule has 0 aliphatic carbocycles. The molecule has 0 fully saturated rings. The second-order valence-corrected chi connectivity index (χ2v) is 3.23. The molecule has 1 aromatic heterocycles. The molecule has 2 heteroatoms. The molecule has 2 aromatic rings. The number of benzene rings is 1. The van der Waals surface area contributed by atoms with Gasteiger partial charge in [-0.15, -0.1) is 6.42 Å². The fraction of sp³-hybridized carbons (Fsp3) is 0.0909. The van der Waals surface area contributed by atoms with Crippen molar-refractivity contribution in [3.63, 3.8) is 0 Å². The third-order valence-electron chi connectivity index (χ3n) is 2.02. The van der Waals surface area contributed by atoms with Gasteiger partial charge in [0.2, 0.25) is 0 Å². The molecule has 2 rings (SSSR count). The largest absolute Gasteiger partial charge is 0.336 e. The Labute approximate surface area is 81.9 Å². The maximum absolute atomic E-state index is 6.01. The van der Waals surface area contributed by atoms with Crippen molar-refractivity contribution in [2.24, 2.45) is 0 Å². The average molecular weight is 190 g/mol. The summed E-state index contributed by atoms with van der Waals surface area (Å²) in [5.74, 6) is 2.60. The molecule has 0 radical (unpaired) electrons. The minimum atomic E-state index is 0.587. The standard InChI is InChI=1S/C11H8ClN/c1-2-7-13-8-6-9-10(12)4-3-5-11(9)13/h1,3-6,8H,7H2. The Morgan fingerprint density at radius 2 is 2.23 bits per heavy atom. The van der Waals surface area contributed by atoms with Crippen molar-refractivity contribution in [1.82, 2.24) is 4.57 Å². The lowest BCUT2D eigenvalue weighted by Crippen LogP contribution is -1.91. The summed E-state index contributed by atoms with van der Waals surface area (Å²) >= 11 is 6.01. The molecular formula is C11H8ClN. The molecule has 0 aliphatic rings. The van der Waals surface area contributed by atoms with E-state index in [1.807, 2.05) is 35.0 Å². The van der Waals surface area contributed by atoms with E-state index in [1.165, 1.54) is 0 Å². The summed E-state index contributed by atoms with van der Waals surface area (Å²) in [6.45, 7) is 0.587. The molecule has 0 spiro atoms. The zero-order valence-electron chi connectivity index (χ0n) is 7.00. The van der Waals surface area contributed by atoms with Crippen LogP contribution in [0.25, 0.3) is 10.9 Å². The Kier molecular flexibility index (Phi) is 2.00. The van der Waals surface area contributed by atoms with Crippen LogP contribution in [0.1, 0.15) is 0 Å². The number of hydrogen-bond donors (Lipinski definition) is 0. The Morgan fingerprint density at radius 1 is 1.38 bits per heavy atom. The molecule has 0 bridgehead atoms. The molecule has 13 heavy (non-hydrogen) atoms. The summed E-state index contributed by atoms with van der Waals surface area (Å²) in [5.41, 5.74) is 1.09. The molecule has 1 heterocycles. The Balaban J connectivity index is 2.70. The van der Waals surface area contributed by atoms with Gasteiger partial charge in [-0.05, 0) is 18.2 Å². The summed E-state index contributed by atoms with van der Waals surface area (Å²) in [7, 11) is 0. The molecule has 0 N–H and O–H groups in total. The van der Waals surface area contributed by atoms with E-state index in [9.17, 15) is 0 Å². The van der Waals surface area contributed by atoms with Crippen molar-refractivity contribution in [1.29, 1.82) is 0 Å². The van der Waals surface area contributed by atoms with Crippen LogP contribution in [-0.4, -0.2) is 4.57 Å². The first-order valence-electron chi connectivity index (χ1n) is 4.00. The van der Waals surface area contributed by atoms with Crippen LogP contribution in [0.2, 0.25) is 5.02 Å². The molecule has 64 valence electrons. The van der Waals surface area contributed by atoms with Crippen molar-refractivity contribution in [2.45, 2.75) is 6.54 Å². The lowest BCUT2D eigenvalue weighted by molar-refractivity contribution is 0.886. The molecule has 0 saturated heterocycles. The van der Waals surface area contributed by atoms with E-state index in [-0.39, 0.29) is 0 Å². The first-order valence-corrected chi connectivity index (χ1v) is 4.37. The zero-order chi connectivity index (χ0) is 9.26. The Bertz CT molecular complexity index is 476. The third-order valence-corrected chi connectivity index (χ3v) is 2.35. The maximum atomic E-state index is 6.01. The van der Waals surface area contributed by atoms with Crippen LogP contribution in [0, 0.1) is 12.3 Å². The van der Waals surface area contributed by atoms with Crippen LogP contribution in [0.15, 0.2) is 30.5 Å². The topological polar surface area (TPSA) is 4.93 Å². The van der Waals surface area contributed by atoms with Gasteiger partial charge in [-0.3, -0.25) is 0 Å². The highest BCUT2D eigenvalue weighted by Crippen LogP contribution is 2.23. The third kappa shape index (κ3) is 1.30. The first-order chi connectivity index (χ1) is 6.33. The van der Waals surface area contributed by atoms with E-state index in [0.717, 1.165) is 15.9 Å². The molecule has 0 atom stereocenters. The highest BCUT2D eigenvalue weighted by molar-refractivity contribution is 6.35. The maximum Gasteiger partial charge on any atom is 0.0834 e. The molecule has 0 unspecified atom stereocenters. The van der Waals surface area contributed by atoms with Gasteiger partial charge in [0.25, 0.3) is 0 Å². The highest BCUT2D eigenvalue weighted by Gasteiger charge is 2.01. The summed E-state index contributed by atoms with van der Waals surface area (Å²) < 4.78 is 2.00. The summed E-state index contributed by atoms with van der Waals surface area (Å²) in [6.07, 6.45) is 7.20. The molecule has 0 aliphatic heterocycles. The number of rotatable bonds is 1. The van der Waals surface area contributed by atoms with Gasteiger partial charge in [0.15, 0.2) is 0 Å². The smallest absolute Gasteiger partial charge is 0.0834 e. The van der Waals surface area contributed by atoms with Gasteiger partial charge >= 0.3 is 0 Å². The van der Waals surface area contributed by atoms with E-state index in [0.29, 0.717) is 6.54 Å². The summed E-state index contributed by atoms with van der Waals surface area (Å²) in [5, 5.41) is 1.83. The van der Waals surface area contributed by atoms with Gasteiger partial charge in [0.05, 0.1) is 12.1 Å². The number of hydrogen-bond acceptors (Lipinski definition) is 0.